The van der Waals surface area contributed by atoms with Crippen LogP contribution >= 0.6 is 0 Å². The maximum absolute atomic E-state index is 12.6. The summed E-state index contributed by atoms with van der Waals surface area (Å²) in [6.07, 6.45) is 4.77. The zero-order valence-electron chi connectivity index (χ0n) is 15.6. The van der Waals surface area contributed by atoms with E-state index < -0.39 is 0 Å². The van der Waals surface area contributed by atoms with Crippen LogP contribution in [0.1, 0.15) is 32.0 Å². The molecule has 0 radical (unpaired) electrons. The van der Waals surface area contributed by atoms with Gasteiger partial charge in [0.25, 0.3) is 11.8 Å². The van der Waals surface area contributed by atoms with E-state index in [1.165, 1.54) is 19.4 Å². The molecule has 2 N–H and O–H groups in total. The number of pyridine rings is 2. The van der Waals surface area contributed by atoms with Gasteiger partial charge in [0.2, 0.25) is 0 Å². The van der Waals surface area contributed by atoms with Crippen molar-refractivity contribution >= 4 is 17.5 Å². The van der Waals surface area contributed by atoms with E-state index >= 15 is 0 Å². The summed E-state index contributed by atoms with van der Waals surface area (Å²) in [7, 11) is 1.54. The topological polar surface area (TPSA) is 93.2 Å². The van der Waals surface area contributed by atoms with E-state index in [0.717, 1.165) is 11.1 Å². The number of hydrogen-bond donors (Lipinski definition) is 2. The Bertz CT molecular complexity index is 990. The van der Waals surface area contributed by atoms with Crippen LogP contribution in [-0.4, -0.2) is 28.9 Å². The number of rotatable bonds is 6. The number of amides is 2. The van der Waals surface area contributed by atoms with E-state index in [1.807, 2.05) is 25.1 Å². The number of carbonyl (C=O) groups excluding carboxylic acids is 2. The highest BCUT2D eigenvalue weighted by atomic mass is 16.5. The second-order valence-electron chi connectivity index (χ2n) is 6.13. The molecule has 0 aliphatic heterocycles. The van der Waals surface area contributed by atoms with Gasteiger partial charge in [-0.3, -0.25) is 19.6 Å². The van der Waals surface area contributed by atoms with Crippen LogP contribution in [-0.2, 0) is 6.54 Å². The maximum Gasteiger partial charge on any atom is 0.270 e. The third kappa shape index (κ3) is 4.70. The summed E-state index contributed by atoms with van der Waals surface area (Å²) >= 11 is 0. The van der Waals surface area contributed by atoms with Crippen molar-refractivity contribution in [3.8, 4) is 5.75 Å². The predicted octanol–water partition coefficient (Wildman–Crippen LogP) is 2.98. The summed E-state index contributed by atoms with van der Waals surface area (Å²) in [5, 5.41) is 5.57. The average molecular weight is 376 g/mol. The molecule has 2 heterocycles. The molecule has 0 aliphatic carbocycles. The highest BCUT2D eigenvalue weighted by Crippen LogP contribution is 2.25. The van der Waals surface area contributed by atoms with E-state index in [0.29, 0.717) is 23.5 Å². The van der Waals surface area contributed by atoms with Gasteiger partial charge < -0.3 is 15.4 Å². The number of ether oxygens (including phenoxy) is 1. The predicted molar refractivity (Wildman–Crippen MR) is 105 cm³/mol. The van der Waals surface area contributed by atoms with Crippen LogP contribution in [0.2, 0.25) is 0 Å². The van der Waals surface area contributed by atoms with Crippen LogP contribution in [0.15, 0.2) is 61.1 Å². The fourth-order valence-corrected chi connectivity index (χ4v) is 2.59. The lowest BCUT2D eigenvalue weighted by Gasteiger charge is -2.11. The summed E-state index contributed by atoms with van der Waals surface area (Å²) in [4.78, 5) is 33.0. The minimum absolute atomic E-state index is 0.160. The molecular formula is C21H20N4O3. The standard InChI is InChI=1S/C21H20N4O3/c1-14-5-6-19(28-2)17(10-14)25-20(26)16-7-9-23-18(11-16)21(27)24-13-15-4-3-8-22-12-15/h3-12H,13H2,1-2H3,(H,24,27)(H,25,26). The van der Waals surface area contributed by atoms with Gasteiger partial charge in [-0.15, -0.1) is 0 Å². The summed E-state index contributed by atoms with van der Waals surface area (Å²) in [6, 6.07) is 12.2. The molecule has 0 saturated heterocycles. The van der Waals surface area contributed by atoms with Crippen LogP contribution in [0.3, 0.4) is 0 Å². The lowest BCUT2D eigenvalue weighted by Crippen LogP contribution is -2.24. The number of nitrogens with zero attached hydrogens (tertiary/aromatic N) is 2. The number of hydrogen-bond acceptors (Lipinski definition) is 5. The maximum atomic E-state index is 12.6. The van der Waals surface area contributed by atoms with Crippen molar-refractivity contribution in [3.63, 3.8) is 0 Å². The lowest BCUT2D eigenvalue weighted by atomic mass is 10.1. The molecule has 3 rings (SSSR count). The Hall–Kier alpha value is -3.74. The van der Waals surface area contributed by atoms with Crippen molar-refractivity contribution < 1.29 is 14.3 Å². The second kappa shape index (κ2) is 8.77. The molecule has 0 atom stereocenters. The normalized spacial score (nSPS) is 10.2. The molecule has 1 aromatic carbocycles. The first-order valence-corrected chi connectivity index (χ1v) is 8.66. The minimum atomic E-state index is -0.369. The zero-order valence-corrected chi connectivity index (χ0v) is 15.6. The SMILES string of the molecule is COc1ccc(C)cc1NC(=O)c1ccnc(C(=O)NCc2cccnc2)c1. The Balaban J connectivity index is 1.71. The Kier molecular flexibility index (Phi) is 5.96. The molecule has 0 spiro atoms. The fraction of sp³-hybridized carbons (Fsp3) is 0.143. The first-order valence-electron chi connectivity index (χ1n) is 8.66. The van der Waals surface area contributed by atoms with E-state index in [-0.39, 0.29) is 17.5 Å². The van der Waals surface area contributed by atoms with Crippen LogP contribution in [0.5, 0.6) is 5.75 Å². The van der Waals surface area contributed by atoms with E-state index in [4.69, 9.17) is 4.74 Å². The number of nitrogens with one attached hydrogen (secondary N) is 2. The third-order valence-electron chi connectivity index (χ3n) is 4.03. The molecule has 3 aromatic rings. The van der Waals surface area contributed by atoms with Crippen molar-refractivity contribution in [1.29, 1.82) is 0 Å². The van der Waals surface area contributed by atoms with Crippen LogP contribution in [0.25, 0.3) is 0 Å². The number of aryl methyl sites for hydroxylation is 1. The van der Waals surface area contributed by atoms with Crippen molar-refractivity contribution in [1.82, 2.24) is 15.3 Å². The van der Waals surface area contributed by atoms with Gasteiger partial charge in [0.15, 0.2) is 0 Å². The Morgan fingerprint density at radius 2 is 1.93 bits per heavy atom. The molecular weight excluding hydrogens is 356 g/mol. The number of benzene rings is 1. The monoisotopic (exact) mass is 376 g/mol. The quantitative estimate of drug-likeness (QED) is 0.690. The Morgan fingerprint density at radius 3 is 2.68 bits per heavy atom. The molecule has 0 aliphatic rings. The zero-order chi connectivity index (χ0) is 19.9. The van der Waals surface area contributed by atoms with Crippen LogP contribution < -0.4 is 15.4 Å². The molecule has 142 valence electrons. The Labute approximate surface area is 162 Å². The molecule has 7 nitrogen and oxygen atoms in total. The van der Waals surface area contributed by atoms with Gasteiger partial charge in [-0.05, 0) is 48.4 Å². The summed E-state index contributed by atoms with van der Waals surface area (Å²) in [6.45, 7) is 2.25. The fourth-order valence-electron chi connectivity index (χ4n) is 2.59. The van der Waals surface area contributed by atoms with Crippen molar-refractivity contribution in [3.05, 3.63) is 83.4 Å². The number of anilines is 1. The minimum Gasteiger partial charge on any atom is -0.495 e. The van der Waals surface area contributed by atoms with Crippen molar-refractivity contribution in [2.75, 3.05) is 12.4 Å². The van der Waals surface area contributed by atoms with Gasteiger partial charge >= 0.3 is 0 Å². The largest absolute Gasteiger partial charge is 0.495 e. The average Bonchev–Trinajstić information content (AvgIpc) is 2.73. The summed E-state index contributed by atoms with van der Waals surface area (Å²) in [5.41, 5.74) is 2.90. The molecule has 0 fully saturated rings. The number of aromatic nitrogens is 2. The van der Waals surface area contributed by atoms with Gasteiger partial charge in [-0.2, -0.15) is 0 Å². The first kappa shape index (κ1) is 19.0. The first-order chi connectivity index (χ1) is 13.6. The van der Waals surface area contributed by atoms with E-state index in [9.17, 15) is 9.59 Å². The molecule has 0 bridgehead atoms. The van der Waals surface area contributed by atoms with Crippen molar-refractivity contribution in [2.45, 2.75) is 13.5 Å². The highest BCUT2D eigenvalue weighted by Gasteiger charge is 2.14. The number of methoxy groups -OCH3 is 1. The molecule has 0 saturated carbocycles. The number of carbonyl (C=O) groups is 2. The summed E-state index contributed by atoms with van der Waals surface area (Å²) in [5.74, 6) is -0.165. The van der Waals surface area contributed by atoms with Gasteiger partial charge in [-0.1, -0.05) is 12.1 Å². The van der Waals surface area contributed by atoms with Gasteiger partial charge in [-0.25, -0.2) is 0 Å². The Morgan fingerprint density at radius 1 is 1.07 bits per heavy atom. The van der Waals surface area contributed by atoms with Crippen molar-refractivity contribution in [2.24, 2.45) is 0 Å². The smallest absolute Gasteiger partial charge is 0.270 e. The van der Waals surface area contributed by atoms with Gasteiger partial charge in [0.1, 0.15) is 11.4 Å². The highest BCUT2D eigenvalue weighted by molar-refractivity contribution is 6.06. The second-order valence-corrected chi connectivity index (χ2v) is 6.13. The molecule has 0 unspecified atom stereocenters. The molecule has 2 amide bonds. The van der Waals surface area contributed by atoms with Crippen LogP contribution in [0.4, 0.5) is 5.69 Å². The third-order valence-corrected chi connectivity index (χ3v) is 4.03. The van der Waals surface area contributed by atoms with Crippen LogP contribution in [0, 0.1) is 6.92 Å². The lowest BCUT2D eigenvalue weighted by molar-refractivity contribution is 0.0946. The van der Waals surface area contributed by atoms with E-state index in [1.54, 1.807) is 30.6 Å². The van der Waals surface area contributed by atoms with E-state index in [2.05, 4.69) is 20.6 Å². The molecule has 2 aromatic heterocycles. The molecule has 28 heavy (non-hydrogen) atoms. The van der Waals surface area contributed by atoms with Gasteiger partial charge in [0, 0.05) is 30.7 Å². The summed E-state index contributed by atoms with van der Waals surface area (Å²) < 4.78 is 5.28. The molecule has 7 heteroatoms. The van der Waals surface area contributed by atoms with Gasteiger partial charge in [0.05, 0.1) is 12.8 Å².